The van der Waals surface area contributed by atoms with Gasteiger partial charge in [-0.1, -0.05) is 27.5 Å². The van der Waals surface area contributed by atoms with Gasteiger partial charge in [-0.25, -0.2) is 12.8 Å². The molecule has 0 aliphatic heterocycles. The highest BCUT2D eigenvalue weighted by atomic mass is 79.9. The van der Waals surface area contributed by atoms with Crippen LogP contribution in [-0.4, -0.2) is 8.42 Å². The molecule has 2 aromatic rings. The van der Waals surface area contributed by atoms with E-state index in [2.05, 4.69) is 36.6 Å². The maximum atomic E-state index is 14.1. The maximum Gasteiger partial charge on any atom is 0.264 e. The molecule has 0 heterocycles. The van der Waals surface area contributed by atoms with Crippen LogP contribution in [0.3, 0.4) is 0 Å². The number of halogens is 4. The van der Waals surface area contributed by atoms with Gasteiger partial charge in [0, 0.05) is 10.2 Å². The molecule has 0 aliphatic rings. The number of nitrogens with one attached hydrogen (secondary N) is 1. The minimum atomic E-state index is -4.14. The van der Waals surface area contributed by atoms with Crippen molar-refractivity contribution in [2.45, 2.75) is 4.90 Å². The van der Waals surface area contributed by atoms with Gasteiger partial charge in [-0.15, -0.1) is 0 Å². The van der Waals surface area contributed by atoms with E-state index in [1.165, 1.54) is 12.1 Å². The van der Waals surface area contributed by atoms with Crippen LogP contribution in [0.25, 0.3) is 0 Å². The summed E-state index contributed by atoms with van der Waals surface area (Å²) in [6.45, 7) is 0. The Bertz CT molecular complexity index is 798. The van der Waals surface area contributed by atoms with Crippen molar-refractivity contribution in [3.63, 3.8) is 0 Å². The Morgan fingerprint density at radius 2 is 1.76 bits per heavy atom. The van der Waals surface area contributed by atoms with Crippen LogP contribution >= 0.6 is 43.5 Å². The zero-order valence-electron chi connectivity index (χ0n) is 10.2. The first-order valence-corrected chi connectivity index (χ1v) is 8.88. The molecule has 2 rings (SSSR count). The molecular weight excluding hydrogens is 450 g/mol. The van der Waals surface area contributed by atoms with E-state index in [0.717, 1.165) is 10.5 Å². The van der Waals surface area contributed by atoms with Crippen LogP contribution in [0.5, 0.6) is 0 Å². The Morgan fingerprint density at radius 1 is 1.19 bits per heavy atom. The normalized spacial score (nSPS) is 11.4. The second-order valence-corrected chi connectivity index (χ2v) is 7.78. The number of benzene rings is 2. The van der Waals surface area contributed by atoms with Crippen molar-refractivity contribution in [2.75, 3.05) is 10.5 Å². The third kappa shape index (κ3) is 3.50. The molecule has 0 bridgehead atoms. The number of nitrogen functional groups attached to an aromatic ring is 1. The molecule has 0 radical (unpaired) electrons. The molecule has 21 heavy (non-hydrogen) atoms. The highest BCUT2D eigenvalue weighted by molar-refractivity contribution is 9.11. The van der Waals surface area contributed by atoms with Crippen molar-refractivity contribution >= 4 is 64.9 Å². The largest absolute Gasteiger partial charge is 0.395 e. The van der Waals surface area contributed by atoms with Gasteiger partial charge in [0.1, 0.15) is 4.90 Å². The van der Waals surface area contributed by atoms with Crippen molar-refractivity contribution in [3.05, 3.63) is 50.1 Å². The van der Waals surface area contributed by atoms with Gasteiger partial charge in [0.25, 0.3) is 10.0 Å². The predicted molar refractivity (Wildman–Crippen MR) is 88.5 cm³/mol. The molecule has 0 spiro atoms. The Labute approximate surface area is 142 Å². The molecule has 0 aliphatic carbocycles. The van der Waals surface area contributed by atoms with Crippen LogP contribution in [-0.2, 0) is 10.0 Å². The second-order valence-electron chi connectivity index (χ2n) is 4.01. The van der Waals surface area contributed by atoms with E-state index in [9.17, 15) is 12.8 Å². The van der Waals surface area contributed by atoms with E-state index in [4.69, 9.17) is 17.3 Å². The van der Waals surface area contributed by atoms with E-state index in [1.807, 2.05) is 0 Å². The highest BCUT2D eigenvalue weighted by Gasteiger charge is 2.24. The molecule has 9 heteroatoms. The third-order valence-corrected chi connectivity index (χ3v) is 5.83. The number of hydrogen-bond acceptors (Lipinski definition) is 3. The van der Waals surface area contributed by atoms with Crippen LogP contribution < -0.4 is 10.5 Å². The quantitative estimate of drug-likeness (QED) is 0.529. The minimum Gasteiger partial charge on any atom is -0.395 e. The zero-order valence-corrected chi connectivity index (χ0v) is 14.9. The number of rotatable bonds is 3. The van der Waals surface area contributed by atoms with Crippen LogP contribution in [0, 0.1) is 5.82 Å². The molecule has 0 fully saturated rings. The summed E-state index contributed by atoms with van der Waals surface area (Å²) < 4.78 is 41.7. The van der Waals surface area contributed by atoms with Gasteiger partial charge in [-0.3, -0.25) is 4.72 Å². The first-order chi connectivity index (χ1) is 9.72. The van der Waals surface area contributed by atoms with Crippen molar-refractivity contribution < 1.29 is 12.8 Å². The molecule has 0 saturated carbocycles. The van der Waals surface area contributed by atoms with Crippen LogP contribution in [0.15, 0.2) is 44.2 Å². The van der Waals surface area contributed by atoms with Gasteiger partial charge in [-0.2, -0.15) is 0 Å². The summed E-state index contributed by atoms with van der Waals surface area (Å²) in [5.74, 6) is -1.06. The fourth-order valence-corrected chi connectivity index (χ4v) is 3.53. The average Bonchev–Trinajstić information content (AvgIpc) is 2.42. The molecule has 4 nitrogen and oxygen atoms in total. The maximum absolute atomic E-state index is 14.1. The Hall–Kier alpha value is -0.830. The molecule has 0 atom stereocenters. The smallest absolute Gasteiger partial charge is 0.264 e. The molecular formula is C12H8Br2ClFN2O2S. The Kier molecular flexibility index (Phi) is 4.82. The zero-order chi connectivity index (χ0) is 15.8. The lowest BCUT2D eigenvalue weighted by Gasteiger charge is -2.12. The molecule has 0 saturated heterocycles. The molecule has 2 aromatic carbocycles. The summed E-state index contributed by atoms with van der Waals surface area (Å²) in [6, 6.07) is 7.36. The van der Waals surface area contributed by atoms with E-state index in [0.29, 0.717) is 0 Å². The van der Waals surface area contributed by atoms with E-state index in [1.54, 1.807) is 12.1 Å². The van der Waals surface area contributed by atoms with Gasteiger partial charge >= 0.3 is 0 Å². The van der Waals surface area contributed by atoms with Crippen LogP contribution in [0.1, 0.15) is 0 Å². The highest BCUT2D eigenvalue weighted by Crippen LogP contribution is 2.35. The monoisotopic (exact) mass is 456 g/mol. The van der Waals surface area contributed by atoms with Gasteiger partial charge < -0.3 is 5.73 Å². The molecule has 0 amide bonds. The average molecular weight is 459 g/mol. The number of hydrogen-bond donors (Lipinski definition) is 2. The molecule has 3 N–H and O–H groups in total. The van der Waals surface area contributed by atoms with Crippen molar-refractivity contribution in [1.82, 2.24) is 0 Å². The standard InChI is InChI=1S/C12H8Br2ClFN2O2S/c13-6-1-3-7(4-2-6)18-21(19,20)9-5-8(15)10(14)12(17)11(9)16/h1-5,18H,17H2. The second kappa shape index (κ2) is 6.12. The van der Waals surface area contributed by atoms with E-state index >= 15 is 0 Å². The SMILES string of the molecule is Nc1c(F)c(S(=O)(=O)Nc2ccc(Br)cc2)cc(Cl)c1Br. The topological polar surface area (TPSA) is 72.2 Å². The summed E-state index contributed by atoms with van der Waals surface area (Å²) in [4.78, 5) is -0.615. The Morgan fingerprint density at radius 3 is 2.33 bits per heavy atom. The van der Waals surface area contributed by atoms with Gasteiger partial charge in [0.2, 0.25) is 0 Å². The van der Waals surface area contributed by atoms with E-state index in [-0.39, 0.29) is 20.9 Å². The number of anilines is 2. The number of sulfonamides is 1. The minimum absolute atomic E-state index is 0.00470. The first-order valence-electron chi connectivity index (χ1n) is 5.43. The van der Waals surface area contributed by atoms with Crippen LogP contribution in [0.2, 0.25) is 5.02 Å². The predicted octanol–water partition coefficient (Wildman–Crippen LogP) is 4.39. The Balaban J connectivity index is 2.47. The van der Waals surface area contributed by atoms with Gasteiger partial charge in [-0.05, 0) is 46.3 Å². The fraction of sp³-hybridized carbons (Fsp3) is 0. The molecule has 0 unspecified atom stereocenters. The lowest BCUT2D eigenvalue weighted by molar-refractivity contribution is 0.572. The summed E-state index contributed by atoms with van der Waals surface area (Å²) in [5, 5.41) is 0.00470. The van der Waals surface area contributed by atoms with Crippen molar-refractivity contribution in [3.8, 4) is 0 Å². The summed E-state index contributed by atoms with van der Waals surface area (Å²) >= 11 is 12.0. The summed E-state index contributed by atoms with van der Waals surface area (Å²) in [6.07, 6.45) is 0. The third-order valence-electron chi connectivity index (χ3n) is 2.54. The summed E-state index contributed by atoms with van der Waals surface area (Å²) in [5.41, 5.74) is 5.41. The molecule has 112 valence electrons. The van der Waals surface area contributed by atoms with Gasteiger partial charge in [0.15, 0.2) is 5.82 Å². The first kappa shape index (κ1) is 16.5. The lowest BCUT2D eigenvalue weighted by Crippen LogP contribution is -2.15. The van der Waals surface area contributed by atoms with Crippen molar-refractivity contribution in [2.24, 2.45) is 0 Å². The van der Waals surface area contributed by atoms with Gasteiger partial charge in [0.05, 0.1) is 15.2 Å². The lowest BCUT2D eigenvalue weighted by atomic mass is 10.3. The molecule has 0 aromatic heterocycles. The fourth-order valence-electron chi connectivity index (χ4n) is 1.52. The van der Waals surface area contributed by atoms with Crippen molar-refractivity contribution in [1.29, 1.82) is 0 Å². The number of nitrogens with two attached hydrogens (primary N) is 1. The van der Waals surface area contributed by atoms with E-state index < -0.39 is 20.7 Å². The van der Waals surface area contributed by atoms with Crippen LogP contribution in [0.4, 0.5) is 15.8 Å². The summed E-state index contributed by atoms with van der Waals surface area (Å²) in [7, 11) is -4.14.